The lowest BCUT2D eigenvalue weighted by atomic mass is 9.68. The zero-order chi connectivity index (χ0) is 26.1. The van der Waals surface area contributed by atoms with Crippen molar-refractivity contribution in [1.29, 1.82) is 0 Å². The molecule has 0 amide bonds. The lowest BCUT2D eigenvalue weighted by molar-refractivity contribution is -0.180. The molecule has 0 aliphatic heterocycles. The highest BCUT2D eigenvalue weighted by Gasteiger charge is 2.53. The second-order valence-electron chi connectivity index (χ2n) is 10.1. The summed E-state index contributed by atoms with van der Waals surface area (Å²) in [5, 5.41) is 31.8. The predicted octanol–water partition coefficient (Wildman–Crippen LogP) is 4.35. The van der Waals surface area contributed by atoms with Gasteiger partial charge in [-0.05, 0) is 43.7 Å². The maximum absolute atomic E-state index is 13.1. The first-order valence-electron chi connectivity index (χ1n) is 11.7. The number of aromatic nitrogens is 4. The van der Waals surface area contributed by atoms with Crippen LogP contribution in [0.5, 0.6) is 5.75 Å². The van der Waals surface area contributed by atoms with Crippen LogP contribution in [0.2, 0.25) is 5.02 Å². The molecule has 3 N–H and O–H groups in total. The number of fused-ring (bicyclic) bond motifs is 3. The molecule has 2 aliphatic carbocycles. The van der Waals surface area contributed by atoms with Crippen LogP contribution in [-0.4, -0.2) is 46.9 Å². The normalized spacial score (nSPS) is 26.9. The smallest absolute Gasteiger partial charge is 0.387 e. The molecule has 8 nitrogen and oxygen atoms in total. The monoisotopic (exact) mass is 528 g/mol. The Labute approximate surface area is 215 Å². The van der Waals surface area contributed by atoms with Gasteiger partial charge in [-0.25, -0.2) is 15.0 Å². The van der Waals surface area contributed by atoms with E-state index in [9.17, 15) is 24.1 Å². The SMILES string of the molecule is C[C@]1(O)C[C@@](O)(c2ncc(-c3ccc4nc5c(n4c3)[C@@H](c3cc(Cl)ccc3OC(F)F)C[C@H]5O)cn2)C1. The largest absolute Gasteiger partial charge is 0.435 e. The van der Waals surface area contributed by atoms with Crippen molar-refractivity contribution in [3.63, 3.8) is 0 Å². The van der Waals surface area contributed by atoms with Crippen LogP contribution in [0.15, 0.2) is 48.9 Å². The van der Waals surface area contributed by atoms with Crippen LogP contribution in [-0.2, 0) is 5.60 Å². The van der Waals surface area contributed by atoms with E-state index in [2.05, 4.69) is 15.0 Å². The van der Waals surface area contributed by atoms with E-state index in [0.717, 1.165) is 5.56 Å². The summed E-state index contributed by atoms with van der Waals surface area (Å²) in [6, 6.07) is 8.08. The summed E-state index contributed by atoms with van der Waals surface area (Å²) in [5.41, 5.74) is 1.40. The fourth-order valence-corrected chi connectivity index (χ4v) is 5.82. The zero-order valence-electron chi connectivity index (χ0n) is 19.6. The number of halogens is 3. The van der Waals surface area contributed by atoms with E-state index in [-0.39, 0.29) is 30.8 Å². The van der Waals surface area contributed by atoms with Crippen molar-refractivity contribution in [3.8, 4) is 16.9 Å². The van der Waals surface area contributed by atoms with Gasteiger partial charge in [-0.1, -0.05) is 11.6 Å². The van der Waals surface area contributed by atoms with Crippen molar-refractivity contribution in [3.05, 3.63) is 76.7 Å². The van der Waals surface area contributed by atoms with Crippen LogP contribution in [0.1, 0.15) is 61.0 Å². The summed E-state index contributed by atoms with van der Waals surface area (Å²) < 4.78 is 32.8. The molecule has 1 aromatic carbocycles. The highest BCUT2D eigenvalue weighted by molar-refractivity contribution is 6.30. The Balaban J connectivity index is 1.39. The molecule has 6 rings (SSSR count). The van der Waals surface area contributed by atoms with E-state index < -0.39 is 29.8 Å². The first-order chi connectivity index (χ1) is 17.5. The number of nitrogens with zero attached hydrogens (tertiary/aromatic N) is 4. The second kappa shape index (κ2) is 8.42. The Hall–Kier alpha value is -3.18. The molecule has 2 aliphatic rings. The van der Waals surface area contributed by atoms with Gasteiger partial charge in [0.25, 0.3) is 0 Å². The Morgan fingerprint density at radius 1 is 1.11 bits per heavy atom. The first-order valence-corrected chi connectivity index (χ1v) is 12.1. The third kappa shape index (κ3) is 4.14. The van der Waals surface area contributed by atoms with E-state index in [1.54, 1.807) is 31.5 Å². The Kier molecular flexibility index (Phi) is 5.50. The van der Waals surface area contributed by atoms with E-state index >= 15 is 0 Å². The van der Waals surface area contributed by atoms with Gasteiger partial charge in [-0.15, -0.1) is 0 Å². The van der Waals surface area contributed by atoms with Gasteiger partial charge in [0.1, 0.15) is 17.0 Å². The van der Waals surface area contributed by atoms with E-state index in [0.29, 0.717) is 33.2 Å². The average molecular weight is 529 g/mol. The Morgan fingerprint density at radius 3 is 2.51 bits per heavy atom. The van der Waals surface area contributed by atoms with E-state index in [1.165, 1.54) is 12.1 Å². The highest BCUT2D eigenvalue weighted by Crippen LogP contribution is 2.48. The first kappa shape index (κ1) is 24.2. The van der Waals surface area contributed by atoms with Crippen LogP contribution in [0, 0.1) is 0 Å². The molecule has 11 heteroatoms. The molecular formula is C26H23ClF2N4O4. The summed E-state index contributed by atoms with van der Waals surface area (Å²) in [7, 11) is 0. The van der Waals surface area contributed by atoms with Gasteiger partial charge in [0, 0.05) is 59.1 Å². The Morgan fingerprint density at radius 2 is 1.84 bits per heavy atom. The van der Waals surface area contributed by atoms with Gasteiger partial charge in [-0.3, -0.25) is 0 Å². The minimum absolute atomic E-state index is 0.00699. The fraction of sp³-hybridized carbons (Fsp3) is 0.346. The number of pyridine rings is 1. The van der Waals surface area contributed by atoms with Gasteiger partial charge in [-0.2, -0.15) is 8.78 Å². The van der Waals surface area contributed by atoms with Crippen LogP contribution < -0.4 is 4.74 Å². The highest BCUT2D eigenvalue weighted by atomic mass is 35.5. The summed E-state index contributed by atoms with van der Waals surface area (Å²) >= 11 is 6.19. The topological polar surface area (TPSA) is 113 Å². The van der Waals surface area contributed by atoms with Crippen LogP contribution in [0.4, 0.5) is 8.78 Å². The van der Waals surface area contributed by atoms with Crippen molar-refractivity contribution in [2.45, 2.75) is 56.0 Å². The summed E-state index contributed by atoms with van der Waals surface area (Å²) in [4.78, 5) is 13.3. The van der Waals surface area contributed by atoms with Crippen molar-refractivity contribution in [1.82, 2.24) is 19.4 Å². The molecule has 3 heterocycles. The van der Waals surface area contributed by atoms with Crippen LogP contribution >= 0.6 is 11.6 Å². The number of imidazole rings is 1. The van der Waals surface area contributed by atoms with Gasteiger partial charge in [0.15, 0.2) is 5.82 Å². The summed E-state index contributed by atoms with van der Waals surface area (Å²) in [5.74, 6) is -0.238. The average Bonchev–Trinajstić information content (AvgIpc) is 3.36. The number of hydrogen-bond donors (Lipinski definition) is 3. The van der Waals surface area contributed by atoms with E-state index in [4.69, 9.17) is 16.3 Å². The minimum Gasteiger partial charge on any atom is -0.435 e. The molecule has 1 fully saturated rings. The number of aliphatic hydroxyl groups excluding tert-OH is 1. The molecule has 37 heavy (non-hydrogen) atoms. The number of benzene rings is 1. The lowest BCUT2D eigenvalue weighted by Crippen LogP contribution is -2.53. The number of hydrogen-bond acceptors (Lipinski definition) is 7. The summed E-state index contributed by atoms with van der Waals surface area (Å²) in [6.07, 6.45) is 4.71. The lowest BCUT2D eigenvalue weighted by Gasteiger charge is -2.46. The molecule has 0 spiro atoms. The van der Waals surface area contributed by atoms with Crippen molar-refractivity contribution >= 4 is 17.2 Å². The summed E-state index contributed by atoms with van der Waals surface area (Å²) in [6.45, 7) is -1.35. The zero-order valence-corrected chi connectivity index (χ0v) is 20.4. The van der Waals surface area contributed by atoms with Crippen molar-refractivity contribution in [2.75, 3.05) is 0 Å². The standard InChI is InChI=1S/C26H23ClF2N4O4/c1-25(35)11-26(36,12-25)23-30-8-14(9-31-23)13-2-5-20-32-21-18(34)7-17(22(21)33(20)10-13)16-6-15(27)3-4-19(16)37-24(28)29/h2-6,8-10,17-18,24,34-36H,7,11-12H2,1H3/t17-,18-,25-,26-/m1/s1. The number of aliphatic hydroxyl groups is 3. The van der Waals surface area contributed by atoms with Gasteiger partial charge in [0.2, 0.25) is 0 Å². The molecule has 1 saturated carbocycles. The Bertz CT molecular complexity index is 1500. The molecule has 192 valence electrons. The predicted molar refractivity (Wildman–Crippen MR) is 129 cm³/mol. The third-order valence-corrected chi connectivity index (χ3v) is 7.33. The third-order valence-electron chi connectivity index (χ3n) is 7.10. The quantitative estimate of drug-likeness (QED) is 0.353. The van der Waals surface area contributed by atoms with E-state index in [1.807, 2.05) is 16.7 Å². The molecule has 0 bridgehead atoms. The number of ether oxygens (including phenoxy) is 1. The van der Waals surface area contributed by atoms with Crippen molar-refractivity contribution in [2.24, 2.45) is 0 Å². The number of rotatable bonds is 5. The van der Waals surface area contributed by atoms with Crippen molar-refractivity contribution < 1.29 is 28.8 Å². The van der Waals surface area contributed by atoms with Gasteiger partial charge >= 0.3 is 6.61 Å². The van der Waals surface area contributed by atoms with Crippen LogP contribution in [0.25, 0.3) is 16.8 Å². The second-order valence-corrected chi connectivity index (χ2v) is 10.5. The minimum atomic E-state index is -3.01. The molecule has 0 saturated heterocycles. The molecule has 3 aromatic heterocycles. The molecule has 2 atom stereocenters. The molecule has 0 radical (unpaired) electrons. The van der Waals surface area contributed by atoms with Crippen LogP contribution in [0.3, 0.4) is 0 Å². The van der Waals surface area contributed by atoms with Gasteiger partial charge in [0.05, 0.1) is 23.1 Å². The number of alkyl halides is 2. The molecule has 4 aromatic rings. The maximum atomic E-state index is 13.1. The van der Waals surface area contributed by atoms with Gasteiger partial charge < -0.3 is 24.5 Å². The molecule has 0 unspecified atom stereocenters. The maximum Gasteiger partial charge on any atom is 0.387 e. The molecular weight excluding hydrogens is 506 g/mol. The fourth-order valence-electron chi connectivity index (χ4n) is 5.64.